The summed E-state index contributed by atoms with van der Waals surface area (Å²) in [5.74, 6) is 0. The summed E-state index contributed by atoms with van der Waals surface area (Å²) in [6.45, 7) is 6.08. The van der Waals surface area contributed by atoms with Crippen LogP contribution in [0, 0.1) is 10.1 Å². The fraction of sp³-hybridized carbons (Fsp3) is 0.389. The van der Waals surface area contributed by atoms with Crippen molar-refractivity contribution in [2.45, 2.75) is 38.8 Å². The third-order valence-corrected chi connectivity index (χ3v) is 5.01. The van der Waals surface area contributed by atoms with Crippen molar-refractivity contribution in [2.75, 3.05) is 6.54 Å². The highest BCUT2D eigenvalue weighted by molar-refractivity contribution is 7.10. The van der Waals surface area contributed by atoms with Crippen LogP contribution in [0.2, 0.25) is 0 Å². The Morgan fingerprint density at radius 3 is 2.56 bits per heavy atom. The van der Waals surface area contributed by atoms with Crippen molar-refractivity contribution in [3.8, 4) is 0 Å². The molecule has 0 bridgehead atoms. The van der Waals surface area contributed by atoms with Crippen LogP contribution in [0.1, 0.15) is 42.8 Å². The van der Waals surface area contributed by atoms with E-state index in [9.17, 15) is 14.9 Å². The summed E-state index contributed by atoms with van der Waals surface area (Å²) in [5.41, 5.74) is 1.37. The predicted molar refractivity (Wildman–Crippen MR) is 95.9 cm³/mol. The summed E-state index contributed by atoms with van der Waals surface area (Å²) in [7, 11) is 0. The molecule has 7 heteroatoms. The van der Waals surface area contributed by atoms with Gasteiger partial charge in [0.25, 0.3) is 5.69 Å². The minimum absolute atomic E-state index is 0.0360. The molecule has 2 aromatic rings. The molecule has 132 valence electrons. The molecule has 0 radical (unpaired) electrons. The summed E-state index contributed by atoms with van der Waals surface area (Å²) in [4.78, 5) is 26.1. The van der Waals surface area contributed by atoms with Gasteiger partial charge in [-0.05, 0) is 61.9 Å². The summed E-state index contributed by atoms with van der Waals surface area (Å²) >= 11 is 1.67. The number of nitro groups is 1. The lowest BCUT2D eigenvalue weighted by Crippen LogP contribution is -2.43. The van der Waals surface area contributed by atoms with Crippen LogP contribution < -0.4 is 0 Å². The molecule has 1 aromatic carbocycles. The fourth-order valence-electron chi connectivity index (χ4n) is 2.97. The van der Waals surface area contributed by atoms with Crippen molar-refractivity contribution >= 4 is 23.1 Å². The van der Waals surface area contributed by atoms with Crippen molar-refractivity contribution in [2.24, 2.45) is 0 Å². The van der Waals surface area contributed by atoms with Gasteiger partial charge >= 0.3 is 6.09 Å². The molecule has 1 aliphatic heterocycles. The van der Waals surface area contributed by atoms with Crippen LogP contribution in [-0.4, -0.2) is 28.1 Å². The number of hydrogen-bond acceptors (Lipinski definition) is 5. The second-order valence-electron chi connectivity index (χ2n) is 6.97. The summed E-state index contributed by atoms with van der Waals surface area (Å²) in [5, 5.41) is 12.9. The molecule has 2 heterocycles. The van der Waals surface area contributed by atoms with Crippen LogP contribution in [0.5, 0.6) is 0 Å². The van der Waals surface area contributed by atoms with Crippen LogP contribution >= 0.6 is 11.3 Å². The maximum atomic E-state index is 12.7. The predicted octanol–water partition coefficient (Wildman–Crippen LogP) is 4.54. The third-order valence-electron chi connectivity index (χ3n) is 4.01. The minimum atomic E-state index is -0.577. The zero-order valence-electron chi connectivity index (χ0n) is 14.4. The molecule has 0 fully saturated rings. The molecule has 6 nitrogen and oxygen atoms in total. The number of hydrogen-bond donors (Lipinski definition) is 0. The molecule has 0 N–H and O–H groups in total. The standard InChI is InChI=1S/C18H20N2O4S/c1-18(2,3)24-17(21)19-10-8-15-14(9-11-25-15)16(19)12-4-6-13(7-5-12)20(22)23/h4-7,9,11,16H,8,10H2,1-3H3. The number of amides is 1. The second-order valence-corrected chi connectivity index (χ2v) is 7.97. The lowest BCUT2D eigenvalue weighted by Gasteiger charge is -2.37. The van der Waals surface area contributed by atoms with E-state index in [0.717, 1.165) is 17.5 Å². The highest BCUT2D eigenvalue weighted by Crippen LogP contribution is 2.38. The number of thiophene rings is 1. The molecule has 25 heavy (non-hydrogen) atoms. The molecule has 1 unspecified atom stereocenters. The number of rotatable bonds is 2. The maximum Gasteiger partial charge on any atom is 0.411 e. The van der Waals surface area contributed by atoms with Crippen molar-refractivity contribution in [3.63, 3.8) is 0 Å². The SMILES string of the molecule is CC(C)(C)OC(=O)N1CCc2sccc2C1c1ccc([N+](=O)[O-])cc1. The fourth-order valence-corrected chi connectivity index (χ4v) is 3.88. The molecular formula is C18H20N2O4S. The van der Waals surface area contributed by atoms with E-state index < -0.39 is 10.5 Å². The van der Waals surface area contributed by atoms with Gasteiger partial charge in [-0.3, -0.25) is 15.0 Å². The molecule has 1 amide bonds. The van der Waals surface area contributed by atoms with Gasteiger partial charge in [0, 0.05) is 23.6 Å². The van der Waals surface area contributed by atoms with Gasteiger partial charge in [-0.2, -0.15) is 0 Å². The van der Waals surface area contributed by atoms with Gasteiger partial charge < -0.3 is 4.74 Å². The molecule has 0 saturated heterocycles. The molecule has 0 spiro atoms. The first kappa shape index (κ1) is 17.4. The van der Waals surface area contributed by atoms with Gasteiger partial charge in [0.2, 0.25) is 0 Å². The average Bonchev–Trinajstić information content (AvgIpc) is 3.00. The first-order valence-corrected chi connectivity index (χ1v) is 8.94. The van der Waals surface area contributed by atoms with Gasteiger partial charge in [0.15, 0.2) is 0 Å². The first-order chi connectivity index (χ1) is 11.8. The Labute approximate surface area is 150 Å². The smallest absolute Gasteiger partial charge is 0.411 e. The third kappa shape index (κ3) is 3.66. The van der Waals surface area contributed by atoms with Crippen molar-refractivity contribution < 1.29 is 14.5 Å². The number of benzene rings is 1. The molecule has 3 rings (SSSR count). The maximum absolute atomic E-state index is 12.7. The van der Waals surface area contributed by atoms with E-state index >= 15 is 0 Å². The normalized spacial score (nSPS) is 17.1. The zero-order valence-corrected chi connectivity index (χ0v) is 15.2. The number of nitrogens with zero attached hydrogens (tertiary/aromatic N) is 2. The molecule has 0 aliphatic carbocycles. The Balaban J connectivity index is 1.98. The molecule has 1 aliphatic rings. The van der Waals surface area contributed by atoms with Gasteiger partial charge in [-0.1, -0.05) is 0 Å². The molecule has 1 aromatic heterocycles. The van der Waals surface area contributed by atoms with Crippen LogP contribution in [0.15, 0.2) is 35.7 Å². The Hall–Kier alpha value is -2.41. The molecule has 0 saturated carbocycles. The van der Waals surface area contributed by atoms with Gasteiger partial charge in [0.05, 0.1) is 11.0 Å². The topological polar surface area (TPSA) is 72.7 Å². The van der Waals surface area contributed by atoms with Gasteiger partial charge in [0.1, 0.15) is 5.60 Å². The molecule has 1 atom stereocenters. The van der Waals surface area contributed by atoms with E-state index in [-0.39, 0.29) is 17.8 Å². The first-order valence-electron chi connectivity index (χ1n) is 8.06. The lowest BCUT2D eigenvalue weighted by atomic mass is 9.93. The van der Waals surface area contributed by atoms with Crippen LogP contribution in [0.3, 0.4) is 0 Å². The van der Waals surface area contributed by atoms with Crippen LogP contribution in [-0.2, 0) is 11.2 Å². The number of nitro benzene ring substituents is 1. The lowest BCUT2D eigenvalue weighted by molar-refractivity contribution is -0.384. The van der Waals surface area contributed by atoms with E-state index in [4.69, 9.17) is 4.74 Å². The Bertz CT molecular complexity index is 792. The Kier molecular flexibility index (Phi) is 4.51. The Morgan fingerprint density at radius 1 is 1.28 bits per heavy atom. The summed E-state index contributed by atoms with van der Waals surface area (Å²) in [6, 6.07) is 8.11. The van der Waals surface area contributed by atoms with Crippen molar-refractivity contribution in [1.82, 2.24) is 4.90 Å². The second kappa shape index (κ2) is 6.48. The quantitative estimate of drug-likeness (QED) is 0.582. The summed E-state index contributed by atoms with van der Waals surface area (Å²) < 4.78 is 5.56. The van der Waals surface area contributed by atoms with E-state index in [0.29, 0.717) is 6.54 Å². The van der Waals surface area contributed by atoms with Gasteiger partial charge in [-0.15, -0.1) is 11.3 Å². The van der Waals surface area contributed by atoms with Crippen LogP contribution in [0.25, 0.3) is 0 Å². The monoisotopic (exact) mass is 360 g/mol. The van der Waals surface area contributed by atoms with E-state index in [1.165, 1.54) is 17.0 Å². The van der Waals surface area contributed by atoms with Crippen molar-refractivity contribution in [1.29, 1.82) is 0 Å². The number of fused-ring (bicyclic) bond motifs is 1. The average molecular weight is 360 g/mol. The summed E-state index contributed by atoms with van der Waals surface area (Å²) in [6.07, 6.45) is 0.420. The highest BCUT2D eigenvalue weighted by Gasteiger charge is 2.35. The highest BCUT2D eigenvalue weighted by atomic mass is 32.1. The number of carbonyl (C=O) groups excluding carboxylic acids is 1. The van der Waals surface area contributed by atoms with E-state index in [2.05, 4.69) is 0 Å². The van der Waals surface area contributed by atoms with E-state index in [1.54, 1.807) is 28.4 Å². The van der Waals surface area contributed by atoms with E-state index in [1.807, 2.05) is 32.2 Å². The van der Waals surface area contributed by atoms with Crippen LogP contribution in [0.4, 0.5) is 10.5 Å². The number of carbonyl (C=O) groups is 1. The number of non-ortho nitro benzene ring substituents is 1. The Morgan fingerprint density at radius 2 is 1.96 bits per heavy atom. The minimum Gasteiger partial charge on any atom is -0.444 e. The molecular weight excluding hydrogens is 340 g/mol. The largest absolute Gasteiger partial charge is 0.444 e. The van der Waals surface area contributed by atoms with Crippen molar-refractivity contribution in [3.05, 3.63) is 61.8 Å². The zero-order chi connectivity index (χ0) is 18.2. The van der Waals surface area contributed by atoms with Gasteiger partial charge in [-0.25, -0.2) is 4.79 Å². The number of ether oxygens (including phenoxy) is 1.